The summed E-state index contributed by atoms with van der Waals surface area (Å²) < 4.78 is 0. The zero-order chi connectivity index (χ0) is 15.1. The van der Waals surface area contributed by atoms with Gasteiger partial charge in [-0.3, -0.25) is 0 Å². The second-order valence-corrected chi connectivity index (χ2v) is 3.99. The molecule has 0 saturated heterocycles. The molecular weight excluding hydrogens is 247 g/mol. The second-order valence-electron chi connectivity index (χ2n) is 3.99. The number of rotatable bonds is 0. The van der Waals surface area contributed by atoms with Crippen LogP contribution in [0.2, 0.25) is 0 Å². The fraction of sp³-hybridized carbons (Fsp3) is 0.294. The maximum absolute atomic E-state index is 10.2. The summed E-state index contributed by atoms with van der Waals surface area (Å²) in [7, 11) is 2.02. The molecule has 1 radical (unpaired) electrons. The van der Waals surface area contributed by atoms with Gasteiger partial charge in [0.25, 0.3) is 0 Å². The van der Waals surface area contributed by atoms with Gasteiger partial charge < -0.3 is 10.2 Å². The molecule has 1 aliphatic heterocycles. The first-order chi connectivity index (χ1) is 9.75. The van der Waals surface area contributed by atoms with E-state index in [0.29, 0.717) is 0 Å². The molecule has 2 aromatic carbocycles. The topological polar surface area (TPSA) is 40.5 Å². The van der Waals surface area contributed by atoms with Crippen molar-refractivity contribution in [2.75, 3.05) is 0 Å². The van der Waals surface area contributed by atoms with Crippen LogP contribution in [0.3, 0.4) is 0 Å². The van der Waals surface area contributed by atoms with Crippen molar-refractivity contribution in [3.8, 4) is 5.75 Å². The highest BCUT2D eigenvalue weighted by Crippen LogP contribution is 2.24. The molecule has 1 aliphatic rings. The van der Waals surface area contributed by atoms with E-state index in [-0.39, 0.29) is 5.75 Å². The summed E-state index contributed by atoms with van der Waals surface area (Å²) in [5.41, 5.74) is 3.65. The zero-order valence-electron chi connectivity index (χ0n) is 12.6. The highest BCUT2D eigenvalue weighted by molar-refractivity contribution is 6.69. The van der Waals surface area contributed by atoms with Gasteiger partial charge in [0.1, 0.15) is 11.9 Å². The second kappa shape index (κ2) is 7.76. The van der Waals surface area contributed by atoms with Gasteiger partial charge >= 0.3 is 0 Å². The summed E-state index contributed by atoms with van der Waals surface area (Å²) in [5.74, 6) is 0.186. The van der Waals surface area contributed by atoms with E-state index < -0.39 is 6.10 Å². The van der Waals surface area contributed by atoms with E-state index in [2.05, 4.69) is 0 Å². The molecule has 2 aromatic rings. The van der Waals surface area contributed by atoms with E-state index in [9.17, 15) is 10.2 Å². The third-order valence-corrected chi connectivity index (χ3v) is 2.97. The number of hydrogen-bond acceptors (Lipinski definition) is 2. The Labute approximate surface area is 122 Å². The summed E-state index contributed by atoms with van der Waals surface area (Å²) in [4.78, 5) is 0. The van der Waals surface area contributed by atoms with Crippen LogP contribution in [0.1, 0.15) is 44.9 Å². The van der Waals surface area contributed by atoms with Crippen molar-refractivity contribution < 1.29 is 10.2 Å². The number of aliphatic hydroxyl groups excluding tert-OH is 1. The summed E-state index contributed by atoms with van der Waals surface area (Å²) in [6.07, 6.45) is -0.650. The summed E-state index contributed by atoms with van der Waals surface area (Å²) in [5, 5.41) is 19.6. The van der Waals surface area contributed by atoms with Gasteiger partial charge in [-0.2, -0.15) is 0 Å². The minimum Gasteiger partial charge on any atom is -0.508 e. The van der Waals surface area contributed by atoms with E-state index in [1.165, 1.54) is 0 Å². The van der Waals surface area contributed by atoms with Crippen molar-refractivity contribution in [2.24, 2.45) is 0 Å². The van der Waals surface area contributed by atoms with Gasteiger partial charge in [0.2, 0.25) is 0 Å². The lowest BCUT2D eigenvalue weighted by Gasteiger charge is -2.24. The number of benzene rings is 2. The monoisotopic (exact) mass is 269 g/mol. The molecule has 2 nitrogen and oxygen atoms in total. The molecule has 0 spiro atoms. The molecule has 0 amide bonds. The highest BCUT2D eigenvalue weighted by atomic mass is 16.3. The lowest BCUT2D eigenvalue weighted by molar-refractivity contribution is 0.221. The van der Waals surface area contributed by atoms with Crippen LogP contribution in [0.4, 0.5) is 0 Å². The molecule has 1 heterocycles. The SMILES string of the molecule is CC.CC.Oc1ccc2c(c1)C(O)c1ccccc1[B]2. The Morgan fingerprint density at radius 2 is 1.45 bits per heavy atom. The van der Waals surface area contributed by atoms with Gasteiger partial charge in [-0.1, -0.05) is 69.0 Å². The summed E-state index contributed by atoms with van der Waals surface area (Å²) in [6, 6.07) is 12.8. The molecule has 105 valence electrons. The normalized spacial score (nSPS) is 14.3. The van der Waals surface area contributed by atoms with Gasteiger partial charge in [0.15, 0.2) is 7.28 Å². The molecule has 0 aromatic heterocycles. The number of phenolic OH excluding ortho intramolecular Hbond substituents is 1. The Hall–Kier alpha value is -1.74. The molecule has 0 aliphatic carbocycles. The van der Waals surface area contributed by atoms with E-state index >= 15 is 0 Å². The van der Waals surface area contributed by atoms with Gasteiger partial charge in [-0.25, -0.2) is 0 Å². The van der Waals surface area contributed by atoms with Crippen LogP contribution in [0, 0.1) is 0 Å². The number of hydrogen-bond donors (Lipinski definition) is 2. The van der Waals surface area contributed by atoms with Crippen molar-refractivity contribution >= 4 is 18.2 Å². The Bertz CT molecular complexity index is 552. The first-order valence-electron chi connectivity index (χ1n) is 7.20. The Kier molecular flexibility index (Phi) is 6.33. The maximum atomic E-state index is 10.2. The van der Waals surface area contributed by atoms with Crippen LogP contribution in [0.5, 0.6) is 5.75 Å². The van der Waals surface area contributed by atoms with Crippen molar-refractivity contribution in [2.45, 2.75) is 33.8 Å². The minimum absolute atomic E-state index is 0.186. The van der Waals surface area contributed by atoms with Crippen LogP contribution in [-0.4, -0.2) is 17.5 Å². The molecule has 0 bridgehead atoms. The largest absolute Gasteiger partial charge is 0.508 e. The fourth-order valence-corrected chi connectivity index (χ4v) is 2.16. The lowest BCUT2D eigenvalue weighted by atomic mass is 9.56. The molecule has 0 saturated carbocycles. The highest BCUT2D eigenvalue weighted by Gasteiger charge is 2.23. The first-order valence-corrected chi connectivity index (χ1v) is 7.20. The Balaban J connectivity index is 0.000000461. The van der Waals surface area contributed by atoms with Crippen LogP contribution < -0.4 is 10.9 Å². The minimum atomic E-state index is -0.650. The summed E-state index contributed by atoms with van der Waals surface area (Å²) in [6.45, 7) is 8.00. The van der Waals surface area contributed by atoms with Gasteiger partial charge in [0.05, 0.1) is 0 Å². The van der Waals surface area contributed by atoms with Crippen molar-refractivity contribution in [1.29, 1.82) is 0 Å². The van der Waals surface area contributed by atoms with Crippen molar-refractivity contribution in [3.05, 3.63) is 53.6 Å². The van der Waals surface area contributed by atoms with Gasteiger partial charge in [-0.05, 0) is 23.3 Å². The van der Waals surface area contributed by atoms with E-state index in [1.807, 2.05) is 65.3 Å². The number of aromatic hydroxyl groups is 1. The predicted octanol–water partition coefficient (Wildman–Crippen LogP) is 2.49. The average molecular weight is 269 g/mol. The lowest BCUT2D eigenvalue weighted by Crippen LogP contribution is -2.39. The maximum Gasteiger partial charge on any atom is 0.192 e. The van der Waals surface area contributed by atoms with Crippen LogP contribution in [0.15, 0.2) is 42.5 Å². The third kappa shape index (κ3) is 3.23. The van der Waals surface area contributed by atoms with Crippen molar-refractivity contribution in [3.63, 3.8) is 0 Å². The molecule has 20 heavy (non-hydrogen) atoms. The number of aliphatic hydroxyl groups is 1. The van der Waals surface area contributed by atoms with E-state index in [1.54, 1.807) is 12.1 Å². The quantitative estimate of drug-likeness (QED) is 0.721. The first kappa shape index (κ1) is 16.3. The fourth-order valence-electron chi connectivity index (χ4n) is 2.16. The Morgan fingerprint density at radius 3 is 2.15 bits per heavy atom. The molecule has 3 heteroatoms. The molecular formula is C17H22BO2. The van der Waals surface area contributed by atoms with Gasteiger partial charge in [0, 0.05) is 0 Å². The molecule has 3 rings (SSSR count). The van der Waals surface area contributed by atoms with E-state index in [0.717, 1.165) is 22.1 Å². The van der Waals surface area contributed by atoms with Crippen molar-refractivity contribution in [1.82, 2.24) is 0 Å². The van der Waals surface area contributed by atoms with Gasteiger partial charge in [-0.15, -0.1) is 0 Å². The predicted molar refractivity (Wildman–Crippen MR) is 86.3 cm³/mol. The number of fused-ring (bicyclic) bond motifs is 2. The summed E-state index contributed by atoms with van der Waals surface area (Å²) >= 11 is 0. The Morgan fingerprint density at radius 1 is 0.850 bits per heavy atom. The third-order valence-electron chi connectivity index (χ3n) is 2.97. The van der Waals surface area contributed by atoms with Crippen LogP contribution >= 0.6 is 0 Å². The average Bonchev–Trinajstić information content (AvgIpc) is 2.52. The standard InChI is InChI=1S/C13H10BO2.2C2H6/c15-8-5-6-12-10(7-8)13(16)9-3-1-2-4-11(9)14-12;2*1-2/h1-7,13,15-16H;2*1-2H3. The van der Waals surface area contributed by atoms with Crippen LogP contribution in [0.25, 0.3) is 0 Å². The van der Waals surface area contributed by atoms with Crippen LogP contribution in [-0.2, 0) is 0 Å². The molecule has 1 unspecified atom stereocenters. The molecule has 1 atom stereocenters. The number of phenols is 1. The smallest absolute Gasteiger partial charge is 0.192 e. The molecule has 2 N–H and O–H groups in total. The zero-order valence-corrected chi connectivity index (χ0v) is 12.6. The van der Waals surface area contributed by atoms with E-state index in [4.69, 9.17) is 0 Å². The molecule has 0 fully saturated rings.